The Balaban J connectivity index is 2.88. The Morgan fingerprint density at radius 3 is 2.53 bits per heavy atom. The Bertz CT molecular complexity index is 396. The number of nitrogens with zero attached hydrogens (tertiary/aromatic N) is 3. The van der Waals surface area contributed by atoms with Gasteiger partial charge in [-0.3, -0.25) is 9.48 Å². The monoisotopic (exact) mass is 239 g/mol. The first-order valence-electron chi connectivity index (χ1n) is 5.80. The zero-order valence-electron chi connectivity index (χ0n) is 11.1. The topological polar surface area (TPSA) is 58.4 Å². The zero-order chi connectivity index (χ0) is 13.2. The molecule has 5 heteroatoms. The molecule has 1 N–H and O–H groups in total. The van der Waals surface area contributed by atoms with Crippen LogP contribution in [0, 0.1) is 0 Å². The van der Waals surface area contributed by atoms with Crippen LogP contribution in [-0.2, 0) is 7.05 Å². The number of rotatable bonds is 4. The van der Waals surface area contributed by atoms with Crippen molar-refractivity contribution in [2.75, 3.05) is 13.6 Å². The van der Waals surface area contributed by atoms with Crippen molar-refractivity contribution in [3.8, 4) is 0 Å². The second kappa shape index (κ2) is 5.31. The number of carbonyl (C=O) groups excluding carboxylic acids is 1. The van der Waals surface area contributed by atoms with Crippen LogP contribution in [0.15, 0.2) is 6.07 Å². The summed E-state index contributed by atoms with van der Waals surface area (Å²) in [4.78, 5) is 13.6. The van der Waals surface area contributed by atoms with Crippen LogP contribution in [0.25, 0.3) is 0 Å². The molecular formula is C12H21N3O2. The molecule has 0 bridgehead atoms. The van der Waals surface area contributed by atoms with Crippen molar-refractivity contribution >= 4 is 5.91 Å². The van der Waals surface area contributed by atoms with E-state index in [-0.39, 0.29) is 5.91 Å². The second-order valence-corrected chi connectivity index (χ2v) is 4.77. The molecule has 1 amide bonds. The van der Waals surface area contributed by atoms with E-state index in [0.29, 0.717) is 18.2 Å². The summed E-state index contributed by atoms with van der Waals surface area (Å²) in [7, 11) is 3.44. The largest absolute Gasteiger partial charge is 0.392 e. The summed E-state index contributed by atoms with van der Waals surface area (Å²) in [5.74, 6) is 0.178. The molecule has 0 saturated heterocycles. The van der Waals surface area contributed by atoms with Gasteiger partial charge in [0, 0.05) is 20.6 Å². The van der Waals surface area contributed by atoms with Crippen LogP contribution in [0.2, 0.25) is 0 Å². The van der Waals surface area contributed by atoms with Crippen LogP contribution in [-0.4, -0.2) is 45.4 Å². The number of hydrogen-bond donors (Lipinski definition) is 1. The summed E-state index contributed by atoms with van der Waals surface area (Å²) >= 11 is 0. The van der Waals surface area contributed by atoms with Crippen LogP contribution in [0.4, 0.5) is 0 Å². The van der Waals surface area contributed by atoms with E-state index >= 15 is 0 Å². The van der Waals surface area contributed by atoms with Crippen LogP contribution in [0.1, 0.15) is 42.9 Å². The van der Waals surface area contributed by atoms with E-state index < -0.39 is 6.10 Å². The average molecular weight is 239 g/mol. The van der Waals surface area contributed by atoms with Gasteiger partial charge in [-0.25, -0.2) is 0 Å². The van der Waals surface area contributed by atoms with Crippen LogP contribution < -0.4 is 0 Å². The molecule has 17 heavy (non-hydrogen) atoms. The van der Waals surface area contributed by atoms with E-state index in [4.69, 9.17) is 0 Å². The zero-order valence-corrected chi connectivity index (χ0v) is 11.1. The van der Waals surface area contributed by atoms with Gasteiger partial charge < -0.3 is 10.0 Å². The maximum Gasteiger partial charge on any atom is 0.271 e. The summed E-state index contributed by atoms with van der Waals surface area (Å²) in [6, 6.07) is 1.81. The van der Waals surface area contributed by atoms with Gasteiger partial charge in [0.15, 0.2) is 0 Å². The number of aryl methyl sites for hydroxylation is 1. The minimum atomic E-state index is -0.526. The summed E-state index contributed by atoms with van der Waals surface area (Å²) < 4.78 is 1.59. The number of carbonyl (C=O) groups is 1. The summed E-state index contributed by atoms with van der Waals surface area (Å²) in [6.45, 7) is 6.06. The fourth-order valence-corrected chi connectivity index (χ4v) is 1.65. The number of aliphatic hydroxyl groups is 1. The third kappa shape index (κ3) is 3.30. The first-order chi connectivity index (χ1) is 7.82. The predicted octanol–water partition coefficient (Wildman–Crippen LogP) is 0.996. The smallest absolute Gasteiger partial charge is 0.271 e. The van der Waals surface area contributed by atoms with E-state index in [1.54, 1.807) is 25.7 Å². The van der Waals surface area contributed by atoms with Gasteiger partial charge in [-0.1, -0.05) is 13.8 Å². The molecule has 1 aromatic rings. The van der Waals surface area contributed by atoms with E-state index in [9.17, 15) is 9.90 Å². The number of aliphatic hydroxyl groups excluding tert-OH is 1. The Labute approximate surface area is 102 Å². The molecule has 96 valence electrons. The molecule has 0 spiro atoms. The molecule has 1 rings (SSSR count). The Morgan fingerprint density at radius 2 is 2.12 bits per heavy atom. The lowest BCUT2D eigenvalue weighted by Gasteiger charge is -2.18. The van der Waals surface area contributed by atoms with Crippen LogP contribution >= 0.6 is 0 Å². The normalized spacial score (nSPS) is 12.9. The van der Waals surface area contributed by atoms with Gasteiger partial charge in [0.25, 0.3) is 5.91 Å². The molecule has 0 radical (unpaired) electrons. The van der Waals surface area contributed by atoms with Crippen LogP contribution in [0.3, 0.4) is 0 Å². The minimum Gasteiger partial charge on any atom is -0.392 e. The van der Waals surface area contributed by atoms with Gasteiger partial charge in [-0.15, -0.1) is 0 Å². The van der Waals surface area contributed by atoms with E-state index in [0.717, 1.165) is 5.69 Å². The molecule has 0 aromatic carbocycles. The molecule has 5 nitrogen and oxygen atoms in total. The number of likely N-dealkylation sites (N-methyl/N-ethyl adjacent to an activating group) is 1. The SMILES string of the molecule is CC(O)CN(C)C(=O)c1cc(C(C)C)nn1C. The standard InChI is InChI=1S/C12H21N3O2/c1-8(2)10-6-11(15(5)13-10)12(17)14(4)7-9(3)16/h6,8-9,16H,7H2,1-5H3. The average Bonchev–Trinajstić information content (AvgIpc) is 2.58. The highest BCUT2D eigenvalue weighted by molar-refractivity contribution is 5.92. The van der Waals surface area contributed by atoms with Gasteiger partial charge in [0.1, 0.15) is 5.69 Å². The molecule has 1 atom stereocenters. The first kappa shape index (κ1) is 13.7. The maximum atomic E-state index is 12.1. The third-order valence-corrected chi connectivity index (χ3v) is 2.59. The molecule has 0 aliphatic heterocycles. The first-order valence-corrected chi connectivity index (χ1v) is 5.80. The summed E-state index contributed by atoms with van der Waals surface area (Å²) in [5.41, 5.74) is 1.46. The summed E-state index contributed by atoms with van der Waals surface area (Å²) in [5, 5.41) is 13.6. The Kier molecular flexibility index (Phi) is 4.28. The van der Waals surface area contributed by atoms with Crippen molar-refractivity contribution in [1.82, 2.24) is 14.7 Å². The van der Waals surface area contributed by atoms with Crippen molar-refractivity contribution in [2.45, 2.75) is 32.8 Å². The Hall–Kier alpha value is -1.36. The number of hydrogen-bond acceptors (Lipinski definition) is 3. The van der Waals surface area contributed by atoms with Gasteiger partial charge in [-0.2, -0.15) is 5.10 Å². The molecule has 1 heterocycles. The molecule has 1 aromatic heterocycles. The minimum absolute atomic E-state index is 0.118. The third-order valence-electron chi connectivity index (χ3n) is 2.59. The lowest BCUT2D eigenvalue weighted by atomic mass is 10.1. The fourth-order valence-electron chi connectivity index (χ4n) is 1.65. The fraction of sp³-hybridized carbons (Fsp3) is 0.667. The highest BCUT2D eigenvalue weighted by atomic mass is 16.3. The van der Waals surface area contributed by atoms with Gasteiger partial charge in [-0.05, 0) is 18.9 Å². The second-order valence-electron chi connectivity index (χ2n) is 4.77. The molecule has 0 fully saturated rings. The predicted molar refractivity (Wildman–Crippen MR) is 65.9 cm³/mol. The van der Waals surface area contributed by atoms with Crippen molar-refractivity contribution < 1.29 is 9.90 Å². The molecule has 0 saturated carbocycles. The molecule has 0 aliphatic rings. The highest BCUT2D eigenvalue weighted by Gasteiger charge is 2.19. The molecular weight excluding hydrogens is 218 g/mol. The van der Waals surface area contributed by atoms with Crippen molar-refractivity contribution in [3.63, 3.8) is 0 Å². The highest BCUT2D eigenvalue weighted by Crippen LogP contribution is 2.14. The van der Waals surface area contributed by atoms with Gasteiger partial charge in [0.05, 0.1) is 11.8 Å². The van der Waals surface area contributed by atoms with E-state index in [2.05, 4.69) is 5.10 Å². The van der Waals surface area contributed by atoms with Crippen LogP contribution in [0.5, 0.6) is 0 Å². The quantitative estimate of drug-likeness (QED) is 0.852. The molecule has 1 unspecified atom stereocenters. The van der Waals surface area contributed by atoms with Gasteiger partial charge in [0.2, 0.25) is 0 Å². The maximum absolute atomic E-state index is 12.1. The Morgan fingerprint density at radius 1 is 1.53 bits per heavy atom. The molecule has 0 aliphatic carbocycles. The summed E-state index contributed by atoms with van der Waals surface area (Å²) in [6.07, 6.45) is -0.526. The number of amides is 1. The van der Waals surface area contributed by atoms with Crippen molar-refractivity contribution in [3.05, 3.63) is 17.5 Å². The lowest BCUT2D eigenvalue weighted by molar-refractivity contribution is 0.0693. The van der Waals surface area contributed by atoms with E-state index in [1.807, 2.05) is 19.9 Å². The van der Waals surface area contributed by atoms with E-state index in [1.165, 1.54) is 4.90 Å². The van der Waals surface area contributed by atoms with Gasteiger partial charge >= 0.3 is 0 Å². The number of aromatic nitrogens is 2. The van der Waals surface area contributed by atoms with Crippen molar-refractivity contribution in [1.29, 1.82) is 0 Å². The van der Waals surface area contributed by atoms with Crippen molar-refractivity contribution in [2.24, 2.45) is 7.05 Å². The lowest BCUT2D eigenvalue weighted by Crippen LogP contribution is -2.34.